The van der Waals surface area contributed by atoms with Gasteiger partial charge in [0.2, 0.25) is 0 Å². The minimum atomic E-state index is -4.39. The molecule has 2 amide bonds. The minimum Gasteiger partial charge on any atom is -0.484 e. The number of para-hydroxylation sites is 1. The number of hydrogen-bond acceptors (Lipinski definition) is 3. The summed E-state index contributed by atoms with van der Waals surface area (Å²) >= 11 is 0. The number of carbonyl (C=O) groups excluding carboxylic acids is 1. The van der Waals surface area contributed by atoms with Gasteiger partial charge in [-0.15, -0.1) is 0 Å². The number of nitrogens with zero attached hydrogens (tertiary/aromatic N) is 1. The summed E-state index contributed by atoms with van der Waals surface area (Å²) in [6, 6.07) is 14.7. The van der Waals surface area contributed by atoms with Crippen LogP contribution in [0.1, 0.15) is 37.3 Å². The van der Waals surface area contributed by atoms with Gasteiger partial charge in [-0.05, 0) is 43.7 Å². The number of fused-ring (bicyclic) bond motifs is 1. The molecule has 1 heterocycles. The highest BCUT2D eigenvalue weighted by molar-refractivity contribution is 5.78. The molecule has 0 aliphatic carbocycles. The topological polar surface area (TPSA) is 54.7 Å². The number of urea groups is 1. The Bertz CT molecular complexity index is 966. The van der Waals surface area contributed by atoms with Gasteiger partial charge in [-0.3, -0.25) is 0 Å². The van der Waals surface area contributed by atoms with Gasteiger partial charge in [-0.2, -0.15) is 13.2 Å². The van der Waals surface area contributed by atoms with Gasteiger partial charge in [0.05, 0.1) is 12.1 Å². The molecule has 0 radical (unpaired) electrons. The largest absolute Gasteiger partial charge is 0.484 e. The Hall–Kier alpha value is -3.16. The number of furan rings is 1. The van der Waals surface area contributed by atoms with Crippen LogP contribution in [-0.2, 0) is 0 Å². The fraction of sp³-hybridized carbons (Fsp3) is 0.318. The summed E-state index contributed by atoms with van der Waals surface area (Å²) in [7, 11) is 1.67. The van der Waals surface area contributed by atoms with Gasteiger partial charge in [0.1, 0.15) is 17.1 Å². The quantitative estimate of drug-likeness (QED) is 0.545. The fourth-order valence-electron chi connectivity index (χ4n) is 2.96. The summed E-state index contributed by atoms with van der Waals surface area (Å²) < 4.78 is 47.2. The highest BCUT2D eigenvalue weighted by Gasteiger charge is 2.28. The van der Waals surface area contributed by atoms with Crippen LogP contribution >= 0.6 is 0 Å². The van der Waals surface area contributed by atoms with E-state index in [0.717, 1.165) is 16.5 Å². The first-order valence-electron chi connectivity index (χ1n) is 9.45. The maximum absolute atomic E-state index is 12.7. The average molecular weight is 420 g/mol. The number of hydrogen-bond donors (Lipinski definition) is 1. The zero-order valence-electron chi connectivity index (χ0n) is 16.9. The van der Waals surface area contributed by atoms with Gasteiger partial charge in [-0.25, -0.2) is 4.79 Å². The molecule has 3 aromatic rings. The Kier molecular flexibility index (Phi) is 6.24. The maximum Gasteiger partial charge on any atom is 0.422 e. The van der Waals surface area contributed by atoms with E-state index in [1.165, 1.54) is 17.0 Å². The second kappa shape index (κ2) is 8.69. The lowest BCUT2D eigenvalue weighted by atomic mass is 10.1. The Morgan fingerprint density at radius 2 is 1.80 bits per heavy atom. The predicted molar refractivity (Wildman–Crippen MR) is 107 cm³/mol. The van der Waals surface area contributed by atoms with E-state index in [0.29, 0.717) is 5.76 Å². The van der Waals surface area contributed by atoms with E-state index in [1.54, 1.807) is 26.1 Å². The summed E-state index contributed by atoms with van der Waals surface area (Å²) in [4.78, 5) is 14.2. The van der Waals surface area contributed by atoms with Crippen molar-refractivity contribution >= 4 is 17.0 Å². The van der Waals surface area contributed by atoms with E-state index >= 15 is 0 Å². The van der Waals surface area contributed by atoms with Crippen molar-refractivity contribution in [2.75, 3.05) is 13.7 Å². The number of amides is 2. The van der Waals surface area contributed by atoms with Crippen molar-refractivity contribution in [2.24, 2.45) is 0 Å². The van der Waals surface area contributed by atoms with Crippen molar-refractivity contribution in [3.8, 4) is 5.75 Å². The molecule has 0 saturated heterocycles. The molecule has 3 rings (SSSR count). The number of nitrogens with one attached hydrogen (secondary N) is 1. The first-order valence-corrected chi connectivity index (χ1v) is 9.45. The third kappa shape index (κ3) is 5.25. The molecule has 2 atom stereocenters. The first kappa shape index (κ1) is 21.5. The molecule has 160 valence electrons. The summed E-state index contributed by atoms with van der Waals surface area (Å²) in [6.07, 6.45) is -4.39. The van der Waals surface area contributed by atoms with Gasteiger partial charge in [-0.1, -0.05) is 30.3 Å². The highest BCUT2D eigenvalue weighted by atomic mass is 19.4. The van der Waals surface area contributed by atoms with Crippen LogP contribution < -0.4 is 10.1 Å². The minimum absolute atomic E-state index is 0.116. The first-order chi connectivity index (χ1) is 14.1. The van der Waals surface area contributed by atoms with Crippen molar-refractivity contribution in [1.29, 1.82) is 0 Å². The van der Waals surface area contributed by atoms with E-state index < -0.39 is 12.8 Å². The Labute approximate surface area is 172 Å². The second-order valence-electron chi connectivity index (χ2n) is 7.12. The summed E-state index contributed by atoms with van der Waals surface area (Å²) in [6.45, 7) is 2.32. The molecule has 0 spiro atoms. The summed E-state index contributed by atoms with van der Waals surface area (Å²) in [5.41, 5.74) is 1.50. The lowest BCUT2D eigenvalue weighted by Crippen LogP contribution is -2.39. The van der Waals surface area contributed by atoms with Crippen LogP contribution in [0.3, 0.4) is 0 Å². The Morgan fingerprint density at radius 3 is 2.43 bits per heavy atom. The molecule has 0 saturated carbocycles. The maximum atomic E-state index is 12.7. The van der Waals surface area contributed by atoms with Crippen LogP contribution in [0, 0.1) is 0 Å². The van der Waals surface area contributed by atoms with Crippen molar-refractivity contribution in [3.05, 3.63) is 65.9 Å². The normalized spacial score (nSPS) is 13.7. The van der Waals surface area contributed by atoms with E-state index in [1.807, 2.05) is 37.3 Å². The van der Waals surface area contributed by atoms with Crippen LogP contribution in [0.4, 0.5) is 18.0 Å². The van der Waals surface area contributed by atoms with Gasteiger partial charge < -0.3 is 19.4 Å². The molecule has 0 aliphatic rings. The van der Waals surface area contributed by atoms with Gasteiger partial charge in [0.25, 0.3) is 0 Å². The number of ether oxygens (including phenoxy) is 1. The molecule has 8 heteroatoms. The average Bonchev–Trinajstić information content (AvgIpc) is 3.15. The molecule has 2 aromatic carbocycles. The molecule has 0 bridgehead atoms. The number of rotatable bonds is 6. The van der Waals surface area contributed by atoms with Gasteiger partial charge in [0.15, 0.2) is 6.61 Å². The zero-order valence-corrected chi connectivity index (χ0v) is 16.9. The fourth-order valence-corrected chi connectivity index (χ4v) is 2.96. The van der Waals surface area contributed by atoms with Crippen molar-refractivity contribution < 1.29 is 27.1 Å². The smallest absolute Gasteiger partial charge is 0.422 e. The van der Waals surface area contributed by atoms with Crippen LogP contribution in [0.5, 0.6) is 5.75 Å². The number of halogens is 3. The second-order valence-corrected chi connectivity index (χ2v) is 7.12. The van der Waals surface area contributed by atoms with Crippen LogP contribution in [0.15, 0.2) is 59.0 Å². The molecule has 0 aliphatic heterocycles. The number of alkyl halides is 3. The molecular weight excluding hydrogens is 397 g/mol. The van der Waals surface area contributed by atoms with E-state index in [9.17, 15) is 18.0 Å². The van der Waals surface area contributed by atoms with E-state index in [4.69, 9.17) is 9.15 Å². The molecular formula is C22H23F3N2O3. The third-order valence-corrected chi connectivity index (χ3v) is 4.88. The van der Waals surface area contributed by atoms with Crippen molar-refractivity contribution in [2.45, 2.75) is 32.1 Å². The van der Waals surface area contributed by atoms with Crippen molar-refractivity contribution in [1.82, 2.24) is 10.2 Å². The lowest BCUT2D eigenvalue weighted by Gasteiger charge is -2.26. The summed E-state index contributed by atoms with van der Waals surface area (Å²) in [5, 5.41) is 3.85. The van der Waals surface area contributed by atoms with E-state index in [2.05, 4.69) is 5.32 Å². The van der Waals surface area contributed by atoms with Crippen LogP contribution in [0.25, 0.3) is 11.0 Å². The Balaban J connectivity index is 1.60. The zero-order chi connectivity index (χ0) is 21.9. The molecule has 0 fully saturated rings. The predicted octanol–water partition coefficient (Wildman–Crippen LogP) is 5.84. The van der Waals surface area contributed by atoms with Crippen LogP contribution in [0.2, 0.25) is 0 Å². The SMILES string of the molecule is CC(NC(=O)N(C)C(C)c1cc2ccccc2o1)c1ccc(OCC(F)(F)F)cc1. The third-order valence-electron chi connectivity index (χ3n) is 4.88. The standard InChI is InChI=1S/C22H23F3N2O3/c1-14(16-8-10-18(11-9-16)29-13-22(23,24)25)26-21(28)27(3)15(2)20-12-17-6-4-5-7-19(17)30-20/h4-12,14-15H,13H2,1-3H3,(H,26,28). The Morgan fingerprint density at radius 1 is 1.13 bits per heavy atom. The van der Waals surface area contributed by atoms with Gasteiger partial charge >= 0.3 is 12.2 Å². The van der Waals surface area contributed by atoms with E-state index in [-0.39, 0.29) is 23.9 Å². The molecule has 30 heavy (non-hydrogen) atoms. The highest BCUT2D eigenvalue weighted by Crippen LogP contribution is 2.27. The summed E-state index contributed by atoms with van der Waals surface area (Å²) in [5.74, 6) is 0.790. The monoisotopic (exact) mass is 420 g/mol. The lowest BCUT2D eigenvalue weighted by molar-refractivity contribution is -0.153. The molecule has 2 unspecified atom stereocenters. The van der Waals surface area contributed by atoms with Gasteiger partial charge in [0, 0.05) is 12.4 Å². The van der Waals surface area contributed by atoms with Crippen molar-refractivity contribution in [3.63, 3.8) is 0 Å². The number of carbonyl (C=O) groups is 1. The molecule has 1 aromatic heterocycles. The molecule has 5 nitrogen and oxygen atoms in total. The molecule has 1 N–H and O–H groups in total. The number of benzene rings is 2. The van der Waals surface area contributed by atoms with Crippen LogP contribution in [-0.4, -0.2) is 30.8 Å².